The van der Waals surface area contributed by atoms with E-state index >= 15 is 0 Å². The van der Waals surface area contributed by atoms with Gasteiger partial charge in [-0.1, -0.05) is 13.0 Å². The van der Waals surface area contributed by atoms with Crippen molar-refractivity contribution < 1.29 is 14.6 Å². The minimum absolute atomic E-state index is 0.222. The van der Waals surface area contributed by atoms with Gasteiger partial charge in [-0.2, -0.15) is 0 Å². The van der Waals surface area contributed by atoms with Crippen molar-refractivity contribution in [2.75, 3.05) is 13.2 Å². The second-order valence-electron chi connectivity index (χ2n) is 2.12. The lowest BCUT2D eigenvalue weighted by atomic mass is 10.2. The van der Waals surface area contributed by atoms with Crippen LogP contribution in [-0.2, 0) is 9.53 Å². The average Bonchev–Trinajstić information content (AvgIpc) is 1.87. The molecule has 10 heavy (non-hydrogen) atoms. The SMILES string of the molecule is C=CC(C)COCC(=O)O. The van der Waals surface area contributed by atoms with Crippen LogP contribution in [0, 0.1) is 5.92 Å². The van der Waals surface area contributed by atoms with E-state index in [1.807, 2.05) is 6.92 Å². The molecule has 0 rings (SSSR count). The molecule has 0 aromatic rings. The zero-order chi connectivity index (χ0) is 7.98. The number of hydrogen-bond acceptors (Lipinski definition) is 2. The number of aliphatic carboxylic acids is 1. The number of hydrogen-bond donors (Lipinski definition) is 1. The first kappa shape index (κ1) is 9.17. The molecule has 0 aliphatic rings. The highest BCUT2D eigenvalue weighted by atomic mass is 16.5. The third kappa shape index (κ3) is 5.31. The Balaban J connectivity index is 3.19. The molecular weight excluding hydrogens is 132 g/mol. The molecule has 1 unspecified atom stereocenters. The summed E-state index contributed by atoms with van der Waals surface area (Å²) in [4.78, 5) is 9.92. The standard InChI is InChI=1S/C7H12O3/c1-3-6(2)4-10-5-7(8)9/h3,6H,1,4-5H2,2H3,(H,8,9). The van der Waals surface area contributed by atoms with Crippen LogP contribution in [0.1, 0.15) is 6.92 Å². The Morgan fingerprint density at radius 3 is 2.90 bits per heavy atom. The van der Waals surface area contributed by atoms with E-state index in [9.17, 15) is 4.79 Å². The van der Waals surface area contributed by atoms with E-state index in [4.69, 9.17) is 9.84 Å². The van der Waals surface area contributed by atoms with Gasteiger partial charge in [0.1, 0.15) is 6.61 Å². The van der Waals surface area contributed by atoms with Gasteiger partial charge < -0.3 is 9.84 Å². The van der Waals surface area contributed by atoms with Gasteiger partial charge >= 0.3 is 5.97 Å². The van der Waals surface area contributed by atoms with Crippen LogP contribution in [0.2, 0.25) is 0 Å². The van der Waals surface area contributed by atoms with Crippen molar-refractivity contribution in [3.05, 3.63) is 12.7 Å². The van der Waals surface area contributed by atoms with Crippen LogP contribution in [0.4, 0.5) is 0 Å². The molecule has 0 amide bonds. The second-order valence-corrected chi connectivity index (χ2v) is 2.12. The van der Waals surface area contributed by atoms with Gasteiger partial charge in [0.15, 0.2) is 0 Å². The highest BCUT2D eigenvalue weighted by molar-refractivity contribution is 5.67. The molecule has 0 aromatic heterocycles. The molecule has 1 atom stereocenters. The number of carbonyl (C=O) groups is 1. The molecule has 3 heteroatoms. The van der Waals surface area contributed by atoms with Crippen LogP contribution in [0.15, 0.2) is 12.7 Å². The third-order valence-corrected chi connectivity index (χ3v) is 1.01. The van der Waals surface area contributed by atoms with Gasteiger partial charge in [-0.3, -0.25) is 0 Å². The van der Waals surface area contributed by atoms with Gasteiger partial charge in [0.25, 0.3) is 0 Å². The van der Waals surface area contributed by atoms with Crippen molar-refractivity contribution in [2.45, 2.75) is 6.92 Å². The summed E-state index contributed by atoms with van der Waals surface area (Å²) in [6.07, 6.45) is 1.72. The molecule has 0 heterocycles. The van der Waals surface area contributed by atoms with Crippen LogP contribution >= 0.6 is 0 Å². The number of carboxylic acids is 1. The monoisotopic (exact) mass is 144 g/mol. The van der Waals surface area contributed by atoms with Crippen LogP contribution in [-0.4, -0.2) is 24.3 Å². The van der Waals surface area contributed by atoms with E-state index in [1.165, 1.54) is 0 Å². The van der Waals surface area contributed by atoms with Crippen LogP contribution in [0.3, 0.4) is 0 Å². The van der Waals surface area contributed by atoms with Crippen molar-refractivity contribution in [3.63, 3.8) is 0 Å². The summed E-state index contributed by atoms with van der Waals surface area (Å²) >= 11 is 0. The molecule has 0 aromatic carbocycles. The van der Waals surface area contributed by atoms with Gasteiger partial charge in [-0.05, 0) is 5.92 Å². The molecule has 1 N–H and O–H groups in total. The summed E-state index contributed by atoms with van der Waals surface area (Å²) < 4.78 is 4.78. The summed E-state index contributed by atoms with van der Waals surface area (Å²) in [6.45, 7) is 5.64. The van der Waals surface area contributed by atoms with Crippen LogP contribution in [0.25, 0.3) is 0 Å². The molecule has 58 valence electrons. The number of rotatable bonds is 5. The summed E-state index contributed by atoms with van der Waals surface area (Å²) in [7, 11) is 0. The van der Waals surface area contributed by atoms with Crippen molar-refractivity contribution in [1.82, 2.24) is 0 Å². The summed E-state index contributed by atoms with van der Waals surface area (Å²) in [5.41, 5.74) is 0. The Morgan fingerprint density at radius 1 is 1.90 bits per heavy atom. The predicted molar refractivity (Wildman–Crippen MR) is 37.8 cm³/mol. The molecule has 0 aliphatic heterocycles. The predicted octanol–water partition coefficient (Wildman–Crippen LogP) is 0.910. The highest BCUT2D eigenvalue weighted by Gasteiger charge is 1.98. The maximum Gasteiger partial charge on any atom is 0.329 e. The molecule has 0 saturated heterocycles. The molecular formula is C7H12O3. The van der Waals surface area contributed by atoms with Gasteiger partial charge in [0.05, 0.1) is 6.61 Å². The van der Waals surface area contributed by atoms with Gasteiger partial charge in [-0.15, -0.1) is 6.58 Å². The first-order valence-electron chi connectivity index (χ1n) is 3.09. The summed E-state index contributed by atoms with van der Waals surface area (Å²) in [6, 6.07) is 0. The topological polar surface area (TPSA) is 46.5 Å². The normalized spacial score (nSPS) is 12.5. The maximum absolute atomic E-state index is 9.92. The second kappa shape index (κ2) is 4.99. The van der Waals surface area contributed by atoms with Gasteiger partial charge in [0, 0.05) is 0 Å². The quantitative estimate of drug-likeness (QED) is 0.583. The Bertz CT molecular complexity index is 120. The lowest BCUT2D eigenvalue weighted by molar-refractivity contribution is -0.142. The minimum atomic E-state index is -0.934. The molecule has 0 bridgehead atoms. The molecule has 0 radical (unpaired) electrons. The number of ether oxygens (including phenoxy) is 1. The highest BCUT2D eigenvalue weighted by Crippen LogP contribution is 1.94. The average molecular weight is 144 g/mol. The molecule has 0 aliphatic carbocycles. The summed E-state index contributed by atoms with van der Waals surface area (Å²) in [5, 5.41) is 8.15. The molecule has 0 fully saturated rings. The maximum atomic E-state index is 9.92. The largest absolute Gasteiger partial charge is 0.480 e. The Hall–Kier alpha value is -0.830. The molecule has 3 nitrogen and oxygen atoms in total. The van der Waals surface area contributed by atoms with Crippen LogP contribution < -0.4 is 0 Å². The zero-order valence-electron chi connectivity index (χ0n) is 6.04. The first-order valence-corrected chi connectivity index (χ1v) is 3.09. The lowest BCUT2D eigenvalue weighted by Crippen LogP contribution is -2.10. The Kier molecular flexibility index (Phi) is 4.58. The first-order chi connectivity index (χ1) is 4.66. The van der Waals surface area contributed by atoms with Crippen molar-refractivity contribution in [2.24, 2.45) is 5.92 Å². The zero-order valence-corrected chi connectivity index (χ0v) is 6.04. The van der Waals surface area contributed by atoms with E-state index in [-0.39, 0.29) is 12.5 Å². The van der Waals surface area contributed by atoms with E-state index in [0.717, 1.165) is 0 Å². The third-order valence-electron chi connectivity index (χ3n) is 1.01. The number of carboxylic acid groups (broad SMARTS) is 1. The Labute approximate surface area is 60.3 Å². The Morgan fingerprint density at radius 2 is 2.50 bits per heavy atom. The van der Waals surface area contributed by atoms with Crippen molar-refractivity contribution in [3.8, 4) is 0 Å². The van der Waals surface area contributed by atoms with Crippen molar-refractivity contribution >= 4 is 5.97 Å². The van der Waals surface area contributed by atoms with Gasteiger partial charge in [0.2, 0.25) is 0 Å². The fraction of sp³-hybridized carbons (Fsp3) is 0.571. The molecule has 0 saturated carbocycles. The lowest BCUT2D eigenvalue weighted by Gasteiger charge is -2.03. The van der Waals surface area contributed by atoms with E-state index < -0.39 is 5.97 Å². The fourth-order valence-electron chi connectivity index (χ4n) is 0.400. The van der Waals surface area contributed by atoms with Crippen molar-refractivity contribution in [1.29, 1.82) is 0 Å². The minimum Gasteiger partial charge on any atom is -0.480 e. The van der Waals surface area contributed by atoms with Crippen LogP contribution in [0.5, 0.6) is 0 Å². The summed E-state index contributed by atoms with van der Waals surface area (Å²) in [5.74, 6) is -0.712. The smallest absolute Gasteiger partial charge is 0.329 e. The fourth-order valence-corrected chi connectivity index (χ4v) is 0.400. The molecule has 0 spiro atoms. The van der Waals surface area contributed by atoms with Gasteiger partial charge in [-0.25, -0.2) is 4.79 Å². The van der Waals surface area contributed by atoms with E-state index in [0.29, 0.717) is 6.61 Å². The van der Waals surface area contributed by atoms with E-state index in [1.54, 1.807) is 6.08 Å². The van der Waals surface area contributed by atoms with E-state index in [2.05, 4.69) is 6.58 Å².